The van der Waals surface area contributed by atoms with Crippen LogP contribution in [0.25, 0.3) is 0 Å². The number of carbonyl (C=O) groups is 4. The van der Waals surface area contributed by atoms with E-state index in [-0.39, 0.29) is 19.5 Å². The van der Waals surface area contributed by atoms with Crippen molar-refractivity contribution < 1.29 is 28.7 Å². The highest BCUT2D eigenvalue weighted by Gasteiger charge is 2.34. The maximum absolute atomic E-state index is 13.8. The van der Waals surface area contributed by atoms with E-state index in [4.69, 9.17) is 9.47 Å². The number of esters is 1. The molecule has 2 rings (SSSR count). The minimum atomic E-state index is -1.05. The highest BCUT2D eigenvalue weighted by molar-refractivity contribution is 5.92. The van der Waals surface area contributed by atoms with Crippen LogP contribution in [0.4, 0.5) is 4.79 Å². The SMILES string of the molecule is CCN(C(=O)CNC(=O)OC(C)(C)C)C(C(=O)NC(Cc1ccccc1)C(=O)OC(C)(C)C)c1ccccc1. The number of benzene rings is 2. The lowest BCUT2D eigenvalue weighted by atomic mass is 10.0. The van der Waals surface area contributed by atoms with Gasteiger partial charge in [-0.2, -0.15) is 0 Å². The maximum atomic E-state index is 13.8. The van der Waals surface area contributed by atoms with E-state index < -0.39 is 47.2 Å². The van der Waals surface area contributed by atoms with Crippen LogP contribution >= 0.6 is 0 Å². The fourth-order valence-electron chi connectivity index (χ4n) is 3.84. The van der Waals surface area contributed by atoms with E-state index in [9.17, 15) is 19.2 Å². The Morgan fingerprint density at radius 3 is 1.87 bits per heavy atom. The number of carbonyl (C=O) groups excluding carboxylic acids is 4. The molecule has 212 valence electrons. The third-order valence-electron chi connectivity index (χ3n) is 5.41. The van der Waals surface area contributed by atoms with Crippen molar-refractivity contribution in [1.82, 2.24) is 15.5 Å². The molecule has 0 aliphatic heterocycles. The monoisotopic (exact) mass is 539 g/mol. The van der Waals surface area contributed by atoms with Gasteiger partial charge in [0.1, 0.15) is 29.8 Å². The molecule has 2 atom stereocenters. The van der Waals surface area contributed by atoms with Gasteiger partial charge in [0.2, 0.25) is 11.8 Å². The van der Waals surface area contributed by atoms with Crippen molar-refractivity contribution >= 4 is 23.9 Å². The first-order valence-electron chi connectivity index (χ1n) is 13.1. The number of nitrogens with one attached hydrogen (secondary N) is 2. The van der Waals surface area contributed by atoms with Gasteiger partial charge < -0.3 is 25.0 Å². The molecule has 0 fully saturated rings. The topological polar surface area (TPSA) is 114 Å². The minimum Gasteiger partial charge on any atom is -0.458 e. The van der Waals surface area contributed by atoms with Crippen LogP contribution < -0.4 is 10.6 Å². The van der Waals surface area contributed by atoms with E-state index in [0.29, 0.717) is 5.56 Å². The number of hydrogen-bond acceptors (Lipinski definition) is 6. The van der Waals surface area contributed by atoms with Gasteiger partial charge in [-0.15, -0.1) is 0 Å². The molecular weight excluding hydrogens is 498 g/mol. The van der Waals surface area contributed by atoms with E-state index in [1.807, 2.05) is 30.3 Å². The first-order chi connectivity index (χ1) is 18.2. The summed E-state index contributed by atoms with van der Waals surface area (Å²) in [5.41, 5.74) is -0.0756. The molecule has 3 amide bonds. The number of nitrogens with zero attached hydrogens (tertiary/aromatic N) is 1. The summed E-state index contributed by atoms with van der Waals surface area (Å²) in [6, 6.07) is 16.1. The van der Waals surface area contributed by atoms with E-state index >= 15 is 0 Å². The molecule has 9 nitrogen and oxygen atoms in total. The number of alkyl carbamates (subject to hydrolysis) is 1. The Morgan fingerprint density at radius 2 is 1.36 bits per heavy atom. The standard InChI is InChI=1S/C30H41N3O6/c1-8-33(24(34)20-31-28(37)39-30(5,6)7)25(22-17-13-10-14-18-22)26(35)32-23(27(36)38-29(2,3)4)19-21-15-11-9-12-16-21/h9-18,23,25H,8,19-20H2,1-7H3,(H,31,37)(H,32,35). The van der Waals surface area contributed by atoms with Crippen molar-refractivity contribution in [1.29, 1.82) is 0 Å². The van der Waals surface area contributed by atoms with Gasteiger partial charge in [0.05, 0.1) is 0 Å². The molecule has 9 heteroatoms. The Morgan fingerprint density at radius 1 is 0.821 bits per heavy atom. The van der Waals surface area contributed by atoms with Crippen molar-refractivity contribution in [3.05, 3.63) is 71.8 Å². The number of amides is 3. The molecule has 0 aliphatic carbocycles. The van der Waals surface area contributed by atoms with Gasteiger partial charge in [-0.1, -0.05) is 60.7 Å². The Balaban J connectivity index is 2.33. The molecule has 0 radical (unpaired) electrons. The summed E-state index contributed by atoms with van der Waals surface area (Å²) < 4.78 is 10.8. The van der Waals surface area contributed by atoms with Gasteiger partial charge in [0.25, 0.3) is 0 Å². The first-order valence-corrected chi connectivity index (χ1v) is 13.1. The van der Waals surface area contributed by atoms with Gasteiger partial charge in [-0.05, 0) is 59.6 Å². The van der Waals surface area contributed by atoms with Crippen LogP contribution in [-0.2, 0) is 30.3 Å². The van der Waals surface area contributed by atoms with Crippen LogP contribution in [0.1, 0.15) is 65.6 Å². The largest absolute Gasteiger partial charge is 0.458 e. The number of ether oxygens (including phenoxy) is 2. The second-order valence-electron chi connectivity index (χ2n) is 11.1. The lowest BCUT2D eigenvalue weighted by molar-refractivity contribution is -0.159. The Bertz CT molecular complexity index is 1110. The molecule has 2 aromatic rings. The van der Waals surface area contributed by atoms with E-state index in [1.54, 1.807) is 78.8 Å². The molecule has 2 unspecified atom stereocenters. The van der Waals surface area contributed by atoms with Gasteiger partial charge in [0, 0.05) is 13.0 Å². The zero-order valence-corrected chi connectivity index (χ0v) is 23.9. The highest BCUT2D eigenvalue weighted by Crippen LogP contribution is 2.22. The summed E-state index contributed by atoms with van der Waals surface area (Å²) in [4.78, 5) is 53.7. The van der Waals surface area contributed by atoms with Gasteiger partial charge in [0.15, 0.2) is 0 Å². The summed E-state index contributed by atoms with van der Waals surface area (Å²) in [6.45, 7) is 12.0. The molecule has 0 spiro atoms. The molecule has 2 N–H and O–H groups in total. The molecule has 0 aliphatic rings. The molecule has 0 aromatic heterocycles. The van der Waals surface area contributed by atoms with Crippen molar-refractivity contribution in [2.45, 2.75) is 78.2 Å². The second-order valence-corrected chi connectivity index (χ2v) is 11.1. The molecule has 2 aromatic carbocycles. The van der Waals surface area contributed by atoms with Crippen LogP contribution in [-0.4, -0.2) is 59.1 Å². The highest BCUT2D eigenvalue weighted by atomic mass is 16.6. The van der Waals surface area contributed by atoms with Crippen LogP contribution in [0.15, 0.2) is 60.7 Å². The maximum Gasteiger partial charge on any atom is 0.408 e. The predicted octanol–water partition coefficient (Wildman–Crippen LogP) is 4.17. The van der Waals surface area contributed by atoms with Gasteiger partial charge >= 0.3 is 12.1 Å². The average Bonchev–Trinajstić information content (AvgIpc) is 2.84. The number of rotatable bonds is 10. The minimum absolute atomic E-state index is 0.178. The predicted molar refractivity (Wildman–Crippen MR) is 149 cm³/mol. The molecule has 39 heavy (non-hydrogen) atoms. The van der Waals surface area contributed by atoms with Crippen molar-refractivity contribution in [2.75, 3.05) is 13.1 Å². The van der Waals surface area contributed by atoms with E-state index in [1.165, 1.54) is 4.90 Å². The summed E-state index contributed by atoms with van der Waals surface area (Å²) in [5, 5.41) is 5.29. The molecular formula is C30H41N3O6. The first kappa shape index (κ1) is 31.3. The number of likely N-dealkylation sites (N-methyl/N-ethyl adjacent to an activating group) is 1. The normalized spacial score (nSPS) is 13.0. The Hall–Kier alpha value is -3.88. The van der Waals surface area contributed by atoms with Crippen molar-refractivity contribution in [3.8, 4) is 0 Å². The number of hydrogen-bond donors (Lipinski definition) is 2. The van der Waals surface area contributed by atoms with Crippen molar-refractivity contribution in [3.63, 3.8) is 0 Å². The molecule has 0 saturated heterocycles. The molecule has 0 saturated carbocycles. The van der Waals surface area contributed by atoms with E-state index in [0.717, 1.165) is 5.56 Å². The summed E-state index contributed by atoms with van der Waals surface area (Å²) >= 11 is 0. The fraction of sp³-hybridized carbons (Fsp3) is 0.467. The lowest BCUT2D eigenvalue weighted by Crippen LogP contribution is -2.52. The fourth-order valence-corrected chi connectivity index (χ4v) is 3.84. The Kier molecular flexibility index (Phi) is 11.1. The quantitative estimate of drug-likeness (QED) is 0.438. The third-order valence-corrected chi connectivity index (χ3v) is 5.41. The average molecular weight is 540 g/mol. The molecule has 0 heterocycles. The van der Waals surface area contributed by atoms with Crippen LogP contribution in [0, 0.1) is 0 Å². The molecule has 0 bridgehead atoms. The lowest BCUT2D eigenvalue weighted by Gasteiger charge is -2.32. The summed E-state index contributed by atoms with van der Waals surface area (Å²) in [7, 11) is 0. The van der Waals surface area contributed by atoms with Gasteiger partial charge in [-0.3, -0.25) is 9.59 Å². The third kappa shape index (κ3) is 10.8. The smallest absolute Gasteiger partial charge is 0.408 e. The zero-order valence-electron chi connectivity index (χ0n) is 23.9. The van der Waals surface area contributed by atoms with Crippen molar-refractivity contribution in [2.24, 2.45) is 0 Å². The Labute approximate surface area is 231 Å². The summed E-state index contributed by atoms with van der Waals surface area (Å²) in [5.74, 6) is -1.60. The van der Waals surface area contributed by atoms with Crippen LogP contribution in [0.2, 0.25) is 0 Å². The van der Waals surface area contributed by atoms with Gasteiger partial charge in [-0.25, -0.2) is 9.59 Å². The zero-order chi connectivity index (χ0) is 29.2. The summed E-state index contributed by atoms with van der Waals surface area (Å²) in [6.07, 6.45) is -0.524. The van der Waals surface area contributed by atoms with Crippen LogP contribution in [0.3, 0.4) is 0 Å². The van der Waals surface area contributed by atoms with E-state index in [2.05, 4.69) is 10.6 Å². The second kappa shape index (κ2) is 13.8. The van der Waals surface area contributed by atoms with Crippen LogP contribution in [0.5, 0.6) is 0 Å².